The van der Waals surface area contributed by atoms with E-state index in [0.29, 0.717) is 61.5 Å². The summed E-state index contributed by atoms with van der Waals surface area (Å²) in [5, 5.41) is 40.7. The number of carbonyl (C=O) groups is 6. The van der Waals surface area contributed by atoms with Crippen LogP contribution in [0.25, 0.3) is 23.3 Å². The summed E-state index contributed by atoms with van der Waals surface area (Å²) in [5.41, 5.74) is -0.672. The molecule has 14 nitrogen and oxygen atoms in total. The molecule has 6 aromatic rings. The molecule has 72 heavy (non-hydrogen) atoms. The Balaban J connectivity index is 0.994. The Labute approximate surface area is 416 Å². The molecule has 6 rings (SSSR count). The lowest BCUT2D eigenvalue weighted by molar-refractivity contribution is 0.0649. The lowest BCUT2D eigenvalue weighted by Gasteiger charge is -2.18. The fourth-order valence-electron chi connectivity index (χ4n) is 7.59. The van der Waals surface area contributed by atoms with Gasteiger partial charge in [0.1, 0.15) is 23.0 Å². The maximum Gasteiger partial charge on any atom is 0.337 e. The number of ketones is 2. The SMILES string of the molecule is O=C(/C=C/c1ccc(OCCCCCCOc2cc(C(=O)O)c(C(=O)O)c(-c3cc(OCCCCCCOc4ccc(/C=C/C(=O)c5ccccc5)cc4)cc(C(=O)O)c3C(=O)O)c2)cc1)c1ccccc1. The maximum atomic E-state index is 12.7. The third-order valence-corrected chi connectivity index (χ3v) is 11.3. The zero-order chi connectivity index (χ0) is 51.2. The third-order valence-electron chi connectivity index (χ3n) is 11.3. The Kier molecular flexibility index (Phi) is 19.6. The average Bonchev–Trinajstić information content (AvgIpc) is 3.39. The van der Waals surface area contributed by atoms with E-state index in [4.69, 9.17) is 18.9 Å². The molecule has 4 N–H and O–H groups in total. The molecule has 0 unspecified atom stereocenters. The smallest absolute Gasteiger partial charge is 0.337 e. The Bertz CT molecular complexity index is 2690. The van der Waals surface area contributed by atoms with Crippen molar-refractivity contribution in [3.63, 3.8) is 0 Å². The summed E-state index contributed by atoms with van der Waals surface area (Å²) in [5.74, 6) is -5.51. The number of hydrogen-bond acceptors (Lipinski definition) is 10. The Morgan fingerprint density at radius 3 is 0.986 bits per heavy atom. The third kappa shape index (κ3) is 15.6. The van der Waals surface area contributed by atoms with Gasteiger partial charge in [0, 0.05) is 22.3 Å². The number of benzene rings is 6. The summed E-state index contributed by atoms with van der Waals surface area (Å²) in [6, 6.07) is 37.2. The number of carboxylic acid groups (broad SMARTS) is 4. The number of ether oxygens (including phenoxy) is 4. The molecular formula is C58H54O14. The van der Waals surface area contributed by atoms with Crippen molar-refractivity contribution in [2.24, 2.45) is 0 Å². The second kappa shape index (κ2) is 26.8. The van der Waals surface area contributed by atoms with Gasteiger partial charge in [-0.3, -0.25) is 9.59 Å². The van der Waals surface area contributed by atoms with Crippen LogP contribution in [0.5, 0.6) is 23.0 Å². The van der Waals surface area contributed by atoms with Crippen molar-refractivity contribution < 1.29 is 68.1 Å². The zero-order valence-corrected chi connectivity index (χ0v) is 39.4. The Morgan fingerprint density at radius 2 is 0.681 bits per heavy atom. The first-order valence-corrected chi connectivity index (χ1v) is 23.4. The number of unbranched alkanes of at least 4 members (excludes halogenated alkanes) is 6. The van der Waals surface area contributed by atoms with Gasteiger partial charge in [0.25, 0.3) is 0 Å². The molecule has 6 aromatic carbocycles. The molecule has 0 heterocycles. The van der Waals surface area contributed by atoms with Gasteiger partial charge in [-0.05, 0) is 123 Å². The van der Waals surface area contributed by atoms with Gasteiger partial charge in [-0.2, -0.15) is 0 Å². The van der Waals surface area contributed by atoms with E-state index >= 15 is 0 Å². The first kappa shape index (κ1) is 52.6. The largest absolute Gasteiger partial charge is 0.494 e. The highest BCUT2D eigenvalue weighted by molar-refractivity contribution is 6.12. The number of rotatable bonds is 29. The van der Waals surface area contributed by atoms with Gasteiger partial charge in [-0.15, -0.1) is 0 Å². The highest BCUT2D eigenvalue weighted by Gasteiger charge is 2.29. The summed E-state index contributed by atoms with van der Waals surface area (Å²) in [4.78, 5) is 74.9. The molecule has 0 radical (unpaired) electrons. The van der Waals surface area contributed by atoms with Crippen molar-refractivity contribution in [1.82, 2.24) is 0 Å². The van der Waals surface area contributed by atoms with Gasteiger partial charge < -0.3 is 39.4 Å². The second-order valence-corrected chi connectivity index (χ2v) is 16.5. The van der Waals surface area contributed by atoms with Crippen LogP contribution in [0.15, 0.2) is 146 Å². The topological polar surface area (TPSA) is 220 Å². The second-order valence-electron chi connectivity index (χ2n) is 16.5. The molecule has 0 bridgehead atoms. The van der Waals surface area contributed by atoms with Crippen LogP contribution in [-0.2, 0) is 0 Å². The van der Waals surface area contributed by atoms with Crippen LogP contribution in [0.4, 0.5) is 0 Å². The minimum atomic E-state index is -1.68. The van der Waals surface area contributed by atoms with Crippen molar-refractivity contribution in [3.05, 3.63) is 190 Å². The summed E-state index contributed by atoms with van der Waals surface area (Å²) in [6.07, 6.45) is 12.0. The van der Waals surface area contributed by atoms with Crippen LogP contribution < -0.4 is 18.9 Å². The van der Waals surface area contributed by atoms with Crippen molar-refractivity contribution in [2.75, 3.05) is 26.4 Å². The fourth-order valence-corrected chi connectivity index (χ4v) is 7.59. The predicted octanol–water partition coefficient (Wildman–Crippen LogP) is 12.0. The molecule has 0 saturated heterocycles. The van der Waals surface area contributed by atoms with Crippen molar-refractivity contribution in [1.29, 1.82) is 0 Å². The van der Waals surface area contributed by atoms with Crippen molar-refractivity contribution in [2.45, 2.75) is 51.4 Å². The van der Waals surface area contributed by atoms with Gasteiger partial charge in [0.15, 0.2) is 11.6 Å². The first-order chi connectivity index (χ1) is 34.9. The number of carboxylic acids is 4. The highest BCUT2D eigenvalue weighted by Crippen LogP contribution is 2.38. The van der Waals surface area contributed by atoms with Crippen LogP contribution in [0.2, 0.25) is 0 Å². The number of carbonyl (C=O) groups excluding carboxylic acids is 2. The summed E-state index contributed by atoms with van der Waals surface area (Å²) >= 11 is 0. The monoisotopic (exact) mass is 974 g/mol. The lowest BCUT2D eigenvalue weighted by Crippen LogP contribution is -2.15. The molecule has 0 amide bonds. The quantitative estimate of drug-likeness (QED) is 0.0195. The molecule has 0 atom stereocenters. The van der Waals surface area contributed by atoms with E-state index in [-0.39, 0.29) is 47.4 Å². The van der Waals surface area contributed by atoms with Crippen LogP contribution >= 0.6 is 0 Å². The summed E-state index contributed by atoms with van der Waals surface area (Å²) < 4.78 is 23.5. The lowest BCUT2D eigenvalue weighted by atomic mass is 9.89. The number of allylic oxidation sites excluding steroid dienone is 2. The van der Waals surface area contributed by atoms with Gasteiger partial charge in [0.2, 0.25) is 0 Å². The summed E-state index contributed by atoms with van der Waals surface area (Å²) in [7, 11) is 0. The molecule has 0 aliphatic rings. The zero-order valence-electron chi connectivity index (χ0n) is 39.4. The Morgan fingerprint density at radius 1 is 0.361 bits per heavy atom. The summed E-state index contributed by atoms with van der Waals surface area (Å²) in [6.45, 7) is 1.12. The standard InChI is InChI=1S/C58H54O14/c59-51(41-15-7-5-8-16-41)29-23-39-19-25-43(26-20-39)69-31-11-1-3-13-33-71-45-35-47(53(57(65)66)49(37-45)55(61)62)48-36-46(38-50(56(63)64)54(48)58(67)68)72-34-14-4-2-12-32-70-44-27-21-40(22-28-44)24-30-52(60)42-17-9-6-10-18-42/h5-10,15-30,35-38H,1-4,11-14,31-34H2,(H,61,62)(H,63,64)(H,65,66)(H,67,68)/b29-23+,30-24+. The highest BCUT2D eigenvalue weighted by atomic mass is 16.5. The normalized spacial score (nSPS) is 11.1. The van der Waals surface area contributed by atoms with Gasteiger partial charge >= 0.3 is 23.9 Å². The average molecular weight is 975 g/mol. The van der Waals surface area contributed by atoms with Crippen LogP contribution in [0.3, 0.4) is 0 Å². The molecule has 0 aliphatic carbocycles. The molecule has 0 saturated carbocycles. The van der Waals surface area contributed by atoms with Crippen molar-refractivity contribution >= 4 is 47.6 Å². The van der Waals surface area contributed by atoms with E-state index in [2.05, 4.69) is 0 Å². The predicted molar refractivity (Wildman–Crippen MR) is 271 cm³/mol. The minimum absolute atomic E-state index is 0.0524. The number of aromatic carboxylic acids is 4. The van der Waals surface area contributed by atoms with E-state index in [1.54, 1.807) is 36.4 Å². The minimum Gasteiger partial charge on any atom is -0.494 e. The van der Waals surface area contributed by atoms with Crippen LogP contribution in [0.1, 0.15) is 125 Å². The van der Waals surface area contributed by atoms with Gasteiger partial charge in [-0.1, -0.05) is 97.1 Å². The van der Waals surface area contributed by atoms with Gasteiger partial charge in [-0.25, -0.2) is 19.2 Å². The van der Waals surface area contributed by atoms with E-state index in [1.165, 1.54) is 24.3 Å². The fraction of sp³-hybridized carbons (Fsp3) is 0.207. The molecule has 14 heteroatoms. The molecule has 0 spiro atoms. The van der Waals surface area contributed by atoms with E-state index in [9.17, 15) is 49.2 Å². The van der Waals surface area contributed by atoms with E-state index < -0.39 is 46.1 Å². The van der Waals surface area contributed by atoms with E-state index in [1.807, 2.05) is 84.9 Å². The molecular weight excluding hydrogens is 921 g/mol. The maximum absolute atomic E-state index is 12.7. The number of hydrogen-bond donors (Lipinski definition) is 4. The van der Waals surface area contributed by atoms with Gasteiger partial charge in [0.05, 0.1) is 48.7 Å². The van der Waals surface area contributed by atoms with E-state index in [0.717, 1.165) is 48.9 Å². The molecule has 0 fully saturated rings. The van der Waals surface area contributed by atoms with Crippen LogP contribution in [-0.4, -0.2) is 82.3 Å². The van der Waals surface area contributed by atoms with Crippen molar-refractivity contribution in [3.8, 4) is 34.1 Å². The Hall–Kier alpha value is -8.78. The molecule has 370 valence electrons. The first-order valence-electron chi connectivity index (χ1n) is 23.4. The molecule has 0 aliphatic heterocycles. The van der Waals surface area contributed by atoms with Crippen LogP contribution in [0, 0.1) is 0 Å². The molecule has 0 aromatic heterocycles.